The molecule has 5 rings (SSSR count). The lowest BCUT2D eigenvalue weighted by Crippen LogP contribution is -2.26. The van der Waals surface area contributed by atoms with Gasteiger partial charge in [-0.3, -0.25) is 4.98 Å². The molecule has 1 aliphatic rings. The SMILES string of the molecule is Cn1cnc(Nc2nc(N3CCCC3c3ccccn3)nn3cccc23)c1. The number of anilines is 3. The Bertz CT molecular complexity index is 1070. The van der Waals surface area contributed by atoms with Crippen molar-refractivity contribution in [1.29, 1.82) is 0 Å². The van der Waals surface area contributed by atoms with Gasteiger partial charge in [-0.2, -0.15) is 4.98 Å². The number of hydrogen-bond donors (Lipinski definition) is 1. The Hall–Kier alpha value is -3.42. The van der Waals surface area contributed by atoms with Crippen molar-refractivity contribution in [3.63, 3.8) is 0 Å². The van der Waals surface area contributed by atoms with Gasteiger partial charge in [-0.15, -0.1) is 5.10 Å². The molecule has 0 spiro atoms. The number of nitrogens with one attached hydrogen (secondary N) is 1. The van der Waals surface area contributed by atoms with Gasteiger partial charge in [0.05, 0.1) is 18.1 Å². The highest BCUT2D eigenvalue weighted by Crippen LogP contribution is 2.34. The van der Waals surface area contributed by atoms with Crippen LogP contribution in [-0.4, -0.2) is 35.7 Å². The van der Waals surface area contributed by atoms with Crippen LogP contribution in [-0.2, 0) is 7.05 Å². The highest BCUT2D eigenvalue weighted by Gasteiger charge is 2.29. The highest BCUT2D eigenvalue weighted by atomic mass is 15.4. The van der Waals surface area contributed by atoms with Crippen LogP contribution < -0.4 is 10.2 Å². The molecule has 8 nitrogen and oxygen atoms in total. The molecule has 4 aromatic heterocycles. The van der Waals surface area contributed by atoms with E-state index in [2.05, 4.69) is 26.3 Å². The first-order valence-electron chi connectivity index (χ1n) is 9.06. The fraction of sp³-hybridized carbons (Fsp3) is 0.263. The van der Waals surface area contributed by atoms with E-state index in [9.17, 15) is 0 Å². The number of aryl methyl sites for hydroxylation is 1. The van der Waals surface area contributed by atoms with Gasteiger partial charge in [0, 0.05) is 32.2 Å². The first kappa shape index (κ1) is 15.8. The van der Waals surface area contributed by atoms with Crippen molar-refractivity contribution in [1.82, 2.24) is 29.1 Å². The van der Waals surface area contributed by atoms with E-state index >= 15 is 0 Å². The third-order valence-corrected chi connectivity index (χ3v) is 4.87. The second-order valence-corrected chi connectivity index (χ2v) is 6.75. The van der Waals surface area contributed by atoms with Crippen molar-refractivity contribution < 1.29 is 0 Å². The largest absolute Gasteiger partial charge is 0.338 e. The van der Waals surface area contributed by atoms with Gasteiger partial charge >= 0.3 is 0 Å². The van der Waals surface area contributed by atoms with E-state index in [1.165, 1.54) is 0 Å². The average molecular weight is 360 g/mol. The summed E-state index contributed by atoms with van der Waals surface area (Å²) in [4.78, 5) is 16.0. The summed E-state index contributed by atoms with van der Waals surface area (Å²) in [7, 11) is 1.94. The van der Waals surface area contributed by atoms with Gasteiger partial charge < -0.3 is 14.8 Å². The van der Waals surface area contributed by atoms with Crippen LogP contribution in [0.5, 0.6) is 0 Å². The molecule has 0 saturated carbocycles. The molecule has 0 bridgehead atoms. The maximum Gasteiger partial charge on any atom is 0.246 e. The number of fused-ring (bicyclic) bond motifs is 1. The zero-order valence-electron chi connectivity index (χ0n) is 15.0. The van der Waals surface area contributed by atoms with Crippen molar-refractivity contribution in [3.8, 4) is 0 Å². The molecule has 4 aromatic rings. The molecule has 8 heteroatoms. The second-order valence-electron chi connectivity index (χ2n) is 6.75. The number of rotatable bonds is 4. The number of imidazole rings is 1. The van der Waals surface area contributed by atoms with Crippen LogP contribution in [0, 0.1) is 0 Å². The Kier molecular flexibility index (Phi) is 3.74. The monoisotopic (exact) mass is 360 g/mol. The Morgan fingerprint density at radius 3 is 2.93 bits per heavy atom. The summed E-state index contributed by atoms with van der Waals surface area (Å²) in [6.07, 6.45) is 9.61. The Labute approximate surface area is 156 Å². The van der Waals surface area contributed by atoms with Crippen LogP contribution in [0.2, 0.25) is 0 Å². The minimum absolute atomic E-state index is 0.196. The summed E-state index contributed by atoms with van der Waals surface area (Å²) >= 11 is 0. The summed E-state index contributed by atoms with van der Waals surface area (Å²) in [5.41, 5.74) is 1.98. The fourth-order valence-electron chi connectivity index (χ4n) is 3.62. The molecule has 1 saturated heterocycles. The average Bonchev–Trinajstić information content (AvgIpc) is 3.42. The molecule has 1 N–H and O–H groups in total. The molecule has 0 radical (unpaired) electrons. The second kappa shape index (κ2) is 6.39. The third kappa shape index (κ3) is 2.88. The number of pyridine rings is 1. The van der Waals surface area contributed by atoms with Crippen molar-refractivity contribution in [2.24, 2.45) is 7.05 Å². The Morgan fingerprint density at radius 1 is 1.15 bits per heavy atom. The molecule has 0 amide bonds. The maximum absolute atomic E-state index is 4.84. The number of hydrogen-bond acceptors (Lipinski definition) is 6. The normalized spacial score (nSPS) is 16.9. The van der Waals surface area contributed by atoms with Crippen molar-refractivity contribution in [2.75, 3.05) is 16.8 Å². The lowest BCUT2D eigenvalue weighted by atomic mass is 10.1. The van der Waals surface area contributed by atoms with Gasteiger partial charge in [0.2, 0.25) is 5.95 Å². The standard InChI is InChI=1S/C19H20N8/c1-25-12-17(21-13-25)22-18-16-8-5-11-27(16)24-19(23-18)26-10-4-7-15(26)14-6-2-3-9-20-14/h2-3,5-6,8-9,11-13,15H,4,7,10H2,1H3,(H,22,23,24). The Balaban J connectivity index is 1.55. The van der Waals surface area contributed by atoms with Gasteiger partial charge in [-0.1, -0.05) is 6.07 Å². The lowest BCUT2D eigenvalue weighted by molar-refractivity contribution is 0.670. The van der Waals surface area contributed by atoms with Gasteiger partial charge in [-0.05, 0) is 37.1 Å². The molecule has 1 atom stereocenters. The van der Waals surface area contributed by atoms with Gasteiger partial charge in [0.15, 0.2) is 5.82 Å². The first-order valence-corrected chi connectivity index (χ1v) is 9.06. The highest BCUT2D eigenvalue weighted by molar-refractivity contribution is 5.73. The van der Waals surface area contributed by atoms with Crippen LogP contribution in [0.1, 0.15) is 24.6 Å². The van der Waals surface area contributed by atoms with Crippen LogP contribution in [0.25, 0.3) is 5.52 Å². The Morgan fingerprint density at radius 2 is 2.11 bits per heavy atom. The van der Waals surface area contributed by atoms with E-state index in [4.69, 9.17) is 10.1 Å². The molecule has 1 unspecified atom stereocenters. The van der Waals surface area contributed by atoms with Crippen molar-refractivity contribution in [3.05, 3.63) is 60.9 Å². The molecular formula is C19H20N8. The van der Waals surface area contributed by atoms with Crippen LogP contribution >= 0.6 is 0 Å². The van der Waals surface area contributed by atoms with Gasteiger partial charge in [0.1, 0.15) is 11.3 Å². The molecule has 5 heterocycles. The summed E-state index contributed by atoms with van der Waals surface area (Å²) in [5.74, 6) is 2.20. The predicted molar refractivity (Wildman–Crippen MR) is 103 cm³/mol. The minimum atomic E-state index is 0.196. The van der Waals surface area contributed by atoms with E-state index < -0.39 is 0 Å². The molecule has 1 aliphatic heterocycles. The quantitative estimate of drug-likeness (QED) is 0.603. The summed E-state index contributed by atoms with van der Waals surface area (Å²) in [6.45, 7) is 0.914. The first-order chi connectivity index (χ1) is 13.3. The lowest BCUT2D eigenvalue weighted by Gasteiger charge is -2.24. The third-order valence-electron chi connectivity index (χ3n) is 4.87. The molecule has 136 valence electrons. The predicted octanol–water partition coefficient (Wildman–Crippen LogP) is 2.94. The topological polar surface area (TPSA) is 76.2 Å². The van der Waals surface area contributed by atoms with Crippen molar-refractivity contribution in [2.45, 2.75) is 18.9 Å². The van der Waals surface area contributed by atoms with E-state index in [0.717, 1.165) is 42.2 Å². The maximum atomic E-state index is 4.84. The van der Waals surface area contributed by atoms with E-state index in [1.807, 2.05) is 59.0 Å². The van der Waals surface area contributed by atoms with Crippen LogP contribution in [0.15, 0.2) is 55.2 Å². The molecule has 0 aliphatic carbocycles. The van der Waals surface area contributed by atoms with Crippen molar-refractivity contribution >= 4 is 23.1 Å². The summed E-state index contributed by atoms with van der Waals surface area (Å²) in [6, 6.07) is 10.2. The molecule has 0 aromatic carbocycles. The molecule has 27 heavy (non-hydrogen) atoms. The number of aromatic nitrogens is 6. The van der Waals surface area contributed by atoms with Gasteiger partial charge in [-0.25, -0.2) is 9.50 Å². The minimum Gasteiger partial charge on any atom is -0.338 e. The zero-order valence-corrected chi connectivity index (χ0v) is 15.0. The van der Waals surface area contributed by atoms with Crippen LogP contribution in [0.3, 0.4) is 0 Å². The van der Waals surface area contributed by atoms with Crippen LogP contribution in [0.4, 0.5) is 17.6 Å². The number of nitrogens with zero attached hydrogens (tertiary/aromatic N) is 7. The zero-order chi connectivity index (χ0) is 18.2. The molecule has 1 fully saturated rings. The van der Waals surface area contributed by atoms with Gasteiger partial charge in [0.25, 0.3) is 0 Å². The van der Waals surface area contributed by atoms with E-state index in [-0.39, 0.29) is 6.04 Å². The van der Waals surface area contributed by atoms with E-state index in [0.29, 0.717) is 5.95 Å². The summed E-state index contributed by atoms with van der Waals surface area (Å²) < 4.78 is 3.76. The summed E-state index contributed by atoms with van der Waals surface area (Å²) in [5, 5.41) is 8.06. The smallest absolute Gasteiger partial charge is 0.246 e. The van der Waals surface area contributed by atoms with E-state index in [1.54, 1.807) is 6.33 Å². The molecular weight excluding hydrogens is 340 g/mol. The fourth-order valence-corrected chi connectivity index (χ4v) is 3.62.